The third-order valence-corrected chi connectivity index (χ3v) is 6.98. The van der Waals surface area contributed by atoms with Crippen LogP contribution in [0.15, 0.2) is 21.4 Å². The highest BCUT2D eigenvalue weighted by Gasteiger charge is 2.49. The van der Waals surface area contributed by atoms with E-state index in [0.29, 0.717) is 0 Å². The van der Waals surface area contributed by atoms with Gasteiger partial charge in [0.1, 0.15) is 22.6 Å². The summed E-state index contributed by atoms with van der Waals surface area (Å²) < 4.78 is 84.8. The van der Waals surface area contributed by atoms with Crippen LogP contribution in [0.1, 0.15) is 25.7 Å². The first-order chi connectivity index (χ1) is 14.0. The Balaban J connectivity index is 1.79. The first-order valence-electron chi connectivity index (χ1n) is 9.51. The van der Waals surface area contributed by atoms with Gasteiger partial charge in [-0.2, -0.15) is 21.6 Å². The standard InChI is InChI=1S/C18H20F4N4O3S/c1-23-17(27)10-4-5-26(14(6-10)18(20,21)22)12-7-11(19)8-13-15(12)24-16(9-2-3-9)25-30(13,28)29/h7-10,14H,2-6H2,1H3,(H,23,27)(H,24,25)/t10-,14+/m0/s1. The lowest BCUT2D eigenvalue weighted by Gasteiger charge is -2.42. The Labute approximate surface area is 170 Å². The molecule has 7 nitrogen and oxygen atoms in total. The average Bonchev–Trinajstić information content (AvgIpc) is 3.51. The van der Waals surface area contributed by atoms with Crippen molar-refractivity contribution >= 4 is 33.1 Å². The number of hydrogen-bond acceptors (Lipinski definition) is 5. The Morgan fingerprint density at radius 2 is 1.97 bits per heavy atom. The summed E-state index contributed by atoms with van der Waals surface area (Å²) in [5.41, 5.74) is -0.291. The minimum Gasteiger partial charge on any atom is -0.359 e. The van der Waals surface area contributed by atoms with Gasteiger partial charge in [-0.3, -0.25) is 4.79 Å². The number of fused-ring (bicyclic) bond motifs is 1. The third kappa shape index (κ3) is 3.72. The summed E-state index contributed by atoms with van der Waals surface area (Å²) in [7, 11) is -2.89. The number of amidine groups is 1. The fourth-order valence-electron chi connectivity index (χ4n) is 3.99. The molecule has 164 valence electrons. The maximum atomic E-state index is 14.3. The van der Waals surface area contributed by atoms with Crippen molar-refractivity contribution in [1.29, 1.82) is 0 Å². The molecule has 30 heavy (non-hydrogen) atoms. The van der Waals surface area contributed by atoms with Crippen LogP contribution < -0.4 is 15.5 Å². The molecule has 2 aliphatic heterocycles. The summed E-state index contributed by atoms with van der Waals surface area (Å²) in [5, 5.41) is 5.20. The maximum absolute atomic E-state index is 14.3. The van der Waals surface area contributed by atoms with Crippen molar-refractivity contribution in [1.82, 2.24) is 5.32 Å². The first-order valence-corrected chi connectivity index (χ1v) is 11.0. The van der Waals surface area contributed by atoms with Gasteiger partial charge in [-0.15, -0.1) is 4.40 Å². The van der Waals surface area contributed by atoms with E-state index in [9.17, 15) is 30.8 Å². The molecular formula is C18H20F4N4O3S. The number of hydrogen-bond donors (Lipinski definition) is 2. The minimum absolute atomic E-state index is 0.0963. The van der Waals surface area contributed by atoms with E-state index in [0.717, 1.165) is 29.9 Å². The molecule has 2 atom stereocenters. The average molecular weight is 448 g/mol. The molecule has 2 N–H and O–H groups in total. The monoisotopic (exact) mass is 448 g/mol. The van der Waals surface area contributed by atoms with Crippen LogP contribution in [-0.4, -0.2) is 46.0 Å². The smallest absolute Gasteiger partial charge is 0.359 e. The third-order valence-electron chi connectivity index (χ3n) is 5.67. The van der Waals surface area contributed by atoms with Gasteiger partial charge in [0, 0.05) is 25.4 Å². The summed E-state index contributed by atoms with van der Waals surface area (Å²) in [6, 6.07) is -0.406. The number of nitrogens with one attached hydrogen (secondary N) is 2. The topological polar surface area (TPSA) is 90.9 Å². The zero-order valence-corrected chi connectivity index (χ0v) is 16.8. The van der Waals surface area contributed by atoms with E-state index in [1.165, 1.54) is 7.05 Å². The Morgan fingerprint density at radius 1 is 1.27 bits per heavy atom. The van der Waals surface area contributed by atoms with Gasteiger partial charge in [0.05, 0.1) is 11.4 Å². The van der Waals surface area contributed by atoms with Crippen molar-refractivity contribution in [2.75, 3.05) is 23.8 Å². The quantitative estimate of drug-likeness (QED) is 0.694. The number of piperidine rings is 1. The van der Waals surface area contributed by atoms with E-state index in [1.54, 1.807) is 0 Å². The Kier molecular flexibility index (Phi) is 4.94. The number of benzene rings is 1. The molecule has 1 saturated heterocycles. The van der Waals surface area contributed by atoms with Crippen LogP contribution in [0.3, 0.4) is 0 Å². The molecule has 1 saturated carbocycles. The van der Waals surface area contributed by atoms with Crippen molar-refractivity contribution in [3.05, 3.63) is 17.9 Å². The molecule has 0 spiro atoms. The largest absolute Gasteiger partial charge is 0.408 e. The number of alkyl halides is 3. The molecule has 1 aromatic rings. The number of carbonyl (C=O) groups is 1. The number of sulfonamides is 1. The van der Waals surface area contributed by atoms with Gasteiger partial charge < -0.3 is 15.5 Å². The molecule has 4 rings (SSSR count). The van der Waals surface area contributed by atoms with E-state index in [4.69, 9.17) is 0 Å². The van der Waals surface area contributed by atoms with Gasteiger partial charge in [-0.05, 0) is 37.8 Å². The Hall–Kier alpha value is -2.37. The number of halogens is 4. The fraction of sp³-hybridized carbons (Fsp3) is 0.556. The van der Waals surface area contributed by atoms with Crippen molar-refractivity contribution in [3.63, 3.8) is 0 Å². The normalized spacial score (nSPS) is 25.8. The molecule has 1 aromatic carbocycles. The predicted molar refractivity (Wildman–Crippen MR) is 101 cm³/mol. The van der Waals surface area contributed by atoms with Crippen LogP contribution in [0.2, 0.25) is 0 Å². The predicted octanol–water partition coefficient (Wildman–Crippen LogP) is 2.64. The first kappa shape index (κ1) is 20.9. The molecule has 1 aliphatic carbocycles. The molecule has 2 fully saturated rings. The molecule has 2 heterocycles. The second kappa shape index (κ2) is 7.10. The lowest BCUT2D eigenvalue weighted by Crippen LogP contribution is -2.53. The van der Waals surface area contributed by atoms with E-state index < -0.39 is 51.2 Å². The number of anilines is 2. The summed E-state index contributed by atoms with van der Waals surface area (Å²) in [6.45, 7) is -0.185. The minimum atomic E-state index is -4.70. The van der Waals surface area contributed by atoms with Gasteiger partial charge in [-0.1, -0.05) is 0 Å². The fourth-order valence-corrected chi connectivity index (χ4v) is 5.22. The van der Waals surface area contributed by atoms with Crippen LogP contribution in [0.25, 0.3) is 0 Å². The van der Waals surface area contributed by atoms with Crippen LogP contribution in [0.4, 0.5) is 28.9 Å². The van der Waals surface area contributed by atoms with Crippen molar-refractivity contribution in [2.45, 2.75) is 42.8 Å². The SMILES string of the molecule is CNC(=O)[C@H]1CCN(c2cc(F)cc3c2NC(C2CC2)=NS3(=O)=O)[C@@H](C(F)(F)F)C1. The number of nitrogens with zero attached hydrogens (tertiary/aromatic N) is 2. The zero-order valence-electron chi connectivity index (χ0n) is 16.0. The maximum Gasteiger partial charge on any atom is 0.408 e. The highest BCUT2D eigenvalue weighted by molar-refractivity contribution is 7.90. The molecule has 12 heteroatoms. The van der Waals surface area contributed by atoms with Gasteiger partial charge >= 0.3 is 6.18 Å². The summed E-state index contributed by atoms with van der Waals surface area (Å²) in [6.07, 6.45) is -3.66. The lowest BCUT2D eigenvalue weighted by molar-refractivity contribution is -0.157. The molecule has 3 aliphatic rings. The second-order valence-corrected chi connectivity index (χ2v) is 9.31. The molecular weight excluding hydrogens is 428 g/mol. The van der Waals surface area contributed by atoms with Crippen molar-refractivity contribution in [2.24, 2.45) is 16.2 Å². The lowest BCUT2D eigenvalue weighted by atomic mass is 9.89. The van der Waals surface area contributed by atoms with Gasteiger partial charge in [-0.25, -0.2) is 4.39 Å². The van der Waals surface area contributed by atoms with E-state index >= 15 is 0 Å². The van der Waals surface area contributed by atoms with Crippen LogP contribution >= 0.6 is 0 Å². The number of rotatable bonds is 3. The van der Waals surface area contributed by atoms with Gasteiger partial charge in [0.2, 0.25) is 5.91 Å². The van der Waals surface area contributed by atoms with Gasteiger partial charge in [0.15, 0.2) is 0 Å². The number of carbonyl (C=O) groups excluding carboxylic acids is 1. The summed E-state index contributed by atoms with van der Waals surface area (Å²) in [4.78, 5) is 12.4. The molecule has 0 aromatic heterocycles. The second-order valence-electron chi connectivity index (χ2n) is 7.74. The van der Waals surface area contributed by atoms with E-state index in [-0.39, 0.29) is 36.1 Å². The molecule has 0 bridgehead atoms. The van der Waals surface area contributed by atoms with Crippen molar-refractivity contribution in [3.8, 4) is 0 Å². The van der Waals surface area contributed by atoms with Crippen LogP contribution in [-0.2, 0) is 14.8 Å². The Morgan fingerprint density at radius 3 is 2.57 bits per heavy atom. The van der Waals surface area contributed by atoms with Gasteiger partial charge in [0.25, 0.3) is 10.0 Å². The van der Waals surface area contributed by atoms with Crippen LogP contribution in [0.5, 0.6) is 0 Å². The summed E-state index contributed by atoms with van der Waals surface area (Å²) in [5.74, 6) is -2.26. The summed E-state index contributed by atoms with van der Waals surface area (Å²) >= 11 is 0. The van der Waals surface area contributed by atoms with E-state index in [1.807, 2.05) is 0 Å². The zero-order chi connectivity index (χ0) is 21.8. The molecule has 1 amide bonds. The highest BCUT2D eigenvalue weighted by Crippen LogP contribution is 2.45. The number of amides is 1. The molecule has 0 radical (unpaired) electrons. The van der Waals surface area contributed by atoms with E-state index in [2.05, 4.69) is 15.0 Å². The Bertz CT molecular complexity index is 1020. The highest BCUT2D eigenvalue weighted by atomic mass is 32.2. The van der Waals surface area contributed by atoms with Crippen LogP contribution in [0, 0.1) is 17.7 Å². The van der Waals surface area contributed by atoms with Crippen molar-refractivity contribution < 1.29 is 30.8 Å². The molecule has 0 unspecified atom stereocenters.